The SMILES string of the molecule is CNC(=O)c1ncn2c1CC[C@H](c1c(F)ccc(N(c3cc(C#N)cnc3OC)S(=O)O)c1F)C2. The Kier molecular flexibility index (Phi) is 6.77. The van der Waals surface area contributed by atoms with E-state index in [9.17, 15) is 23.2 Å². The molecule has 0 saturated carbocycles. The van der Waals surface area contributed by atoms with Crippen LogP contribution in [0, 0.1) is 23.0 Å². The molecule has 1 aromatic carbocycles. The Morgan fingerprint density at radius 2 is 2.14 bits per heavy atom. The highest BCUT2D eigenvalue weighted by atomic mass is 32.2. The van der Waals surface area contributed by atoms with E-state index in [0.29, 0.717) is 22.8 Å². The van der Waals surface area contributed by atoms with Gasteiger partial charge in [-0.1, -0.05) is 0 Å². The van der Waals surface area contributed by atoms with Crippen LogP contribution in [0.25, 0.3) is 0 Å². The number of amides is 1. The summed E-state index contributed by atoms with van der Waals surface area (Å²) in [6, 6.07) is 5.13. The number of nitriles is 1. The van der Waals surface area contributed by atoms with Crippen LogP contribution in [0.3, 0.4) is 0 Å². The molecule has 0 radical (unpaired) electrons. The lowest BCUT2D eigenvalue weighted by atomic mass is 9.89. The van der Waals surface area contributed by atoms with Crippen molar-refractivity contribution >= 4 is 28.5 Å². The summed E-state index contributed by atoms with van der Waals surface area (Å²) in [5, 5.41) is 11.7. The number of methoxy groups -OCH3 is 1. The van der Waals surface area contributed by atoms with Crippen LogP contribution in [0.2, 0.25) is 0 Å². The van der Waals surface area contributed by atoms with Gasteiger partial charge in [0.05, 0.1) is 30.4 Å². The molecule has 0 saturated heterocycles. The normalized spacial score (nSPS) is 15.6. The summed E-state index contributed by atoms with van der Waals surface area (Å²) in [4.78, 5) is 20.1. The third-order valence-electron chi connectivity index (χ3n) is 5.80. The van der Waals surface area contributed by atoms with Crippen LogP contribution >= 0.6 is 0 Å². The number of rotatable bonds is 6. The van der Waals surface area contributed by atoms with Gasteiger partial charge in [0.25, 0.3) is 17.2 Å². The number of nitrogens with one attached hydrogen (secondary N) is 1. The number of anilines is 2. The van der Waals surface area contributed by atoms with E-state index in [2.05, 4.69) is 15.3 Å². The molecule has 13 heteroatoms. The summed E-state index contributed by atoms with van der Waals surface area (Å²) >= 11 is -2.82. The molecule has 3 aromatic rings. The summed E-state index contributed by atoms with van der Waals surface area (Å²) in [6.45, 7) is 0.160. The average molecular weight is 503 g/mol. The summed E-state index contributed by atoms with van der Waals surface area (Å²) < 4.78 is 60.6. The van der Waals surface area contributed by atoms with Crippen molar-refractivity contribution in [1.29, 1.82) is 5.26 Å². The number of carbonyl (C=O) groups excluding carboxylic acids is 1. The summed E-state index contributed by atoms with van der Waals surface area (Å²) in [5.41, 5.74) is 0.187. The van der Waals surface area contributed by atoms with Crippen molar-refractivity contribution < 1.29 is 27.1 Å². The third kappa shape index (κ3) is 4.33. The van der Waals surface area contributed by atoms with Gasteiger partial charge in [0, 0.05) is 31.3 Å². The van der Waals surface area contributed by atoms with Crippen molar-refractivity contribution in [2.75, 3.05) is 18.5 Å². The summed E-state index contributed by atoms with van der Waals surface area (Å²) in [5.74, 6) is -2.95. The number of benzene rings is 1. The van der Waals surface area contributed by atoms with E-state index < -0.39 is 28.8 Å². The number of pyridine rings is 1. The number of fused-ring (bicyclic) bond motifs is 1. The molecule has 0 aliphatic carbocycles. The Balaban J connectivity index is 1.78. The number of imidazole rings is 1. The fraction of sp³-hybridized carbons (Fsp3) is 0.273. The van der Waals surface area contributed by atoms with Crippen LogP contribution in [0.1, 0.15) is 39.6 Å². The van der Waals surface area contributed by atoms with Crippen LogP contribution in [-0.4, -0.2) is 43.4 Å². The van der Waals surface area contributed by atoms with E-state index in [4.69, 9.17) is 4.74 Å². The molecule has 3 heterocycles. The Morgan fingerprint density at radius 1 is 1.37 bits per heavy atom. The highest BCUT2D eigenvalue weighted by Crippen LogP contribution is 2.40. The Morgan fingerprint density at radius 3 is 2.80 bits per heavy atom. The van der Waals surface area contributed by atoms with Gasteiger partial charge < -0.3 is 14.6 Å². The lowest BCUT2D eigenvalue weighted by Crippen LogP contribution is -2.26. The lowest BCUT2D eigenvalue weighted by molar-refractivity contribution is 0.0957. The molecule has 1 unspecified atom stereocenters. The number of aromatic nitrogens is 3. The van der Waals surface area contributed by atoms with E-state index in [1.165, 1.54) is 32.7 Å². The van der Waals surface area contributed by atoms with Crippen molar-refractivity contribution in [3.05, 3.63) is 64.9 Å². The quantitative estimate of drug-likeness (QED) is 0.495. The molecule has 0 fully saturated rings. The molecule has 2 aromatic heterocycles. The van der Waals surface area contributed by atoms with Crippen molar-refractivity contribution in [2.45, 2.75) is 25.3 Å². The zero-order chi connectivity index (χ0) is 25.3. The van der Waals surface area contributed by atoms with E-state index in [0.717, 1.165) is 12.1 Å². The predicted molar refractivity (Wildman–Crippen MR) is 121 cm³/mol. The van der Waals surface area contributed by atoms with E-state index in [-0.39, 0.29) is 46.5 Å². The fourth-order valence-electron chi connectivity index (χ4n) is 4.20. The molecule has 2 N–H and O–H groups in total. The Labute approximate surface area is 201 Å². The molecule has 4 rings (SSSR count). The number of hydrogen-bond acceptors (Lipinski definition) is 6. The van der Waals surface area contributed by atoms with E-state index >= 15 is 4.39 Å². The Bertz CT molecular complexity index is 1370. The zero-order valence-electron chi connectivity index (χ0n) is 18.7. The van der Waals surface area contributed by atoms with Gasteiger partial charge in [-0.25, -0.2) is 27.3 Å². The summed E-state index contributed by atoms with van der Waals surface area (Å²) in [6.07, 6.45) is 3.33. The van der Waals surface area contributed by atoms with Gasteiger partial charge in [-0.2, -0.15) is 5.26 Å². The van der Waals surface area contributed by atoms with Gasteiger partial charge in [-0.15, -0.1) is 0 Å². The van der Waals surface area contributed by atoms with E-state index in [1.54, 1.807) is 4.57 Å². The van der Waals surface area contributed by atoms with Gasteiger partial charge >= 0.3 is 0 Å². The second kappa shape index (κ2) is 9.77. The fourth-order valence-corrected chi connectivity index (χ4v) is 4.81. The van der Waals surface area contributed by atoms with Crippen LogP contribution in [0.15, 0.2) is 30.7 Å². The minimum Gasteiger partial charge on any atom is -0.479 e. The first kappa shape index (κ1) is 24.2. The number of carbonyl (C=O) groups is 1. The summed E-state index contributed by atoms with van der Waals surface area (Å²) in [7, 11) is 2.75. The third-order valence-corrected chi connectivity index (χ3v) is 6.50. The maximum Gasteiger partial charge on any atom is 0.271 e. The zero-order valence-corrected chi connectivity index (χ0v) is 19.5. The Hall–Kier alpha value is -3.89. The number of halogens is 2. The van der Waals surface area contributed by atoms with Crippen LogP contribution in [0.5, 0.6) is 5.88 Å². The lowest BCUT2D eigenvalue weighted by Gasteiger charge is -2.28. The maximum atomic E-state index is 15.9. The first-order valence-electron chi connectivity index (χ1n) is 10.4. The molecule has 35 heavy (non-hydrogen) atoms. The highest BCUT2D eigenvalue weighted by Gasteiger charge is 2.32. The first-order chi connectivity index (χ1) is 16.8. The van der Waals surface area contributed by atoms with E-state index in [1.807, 2.05) is 6.07 Å². The minimum atomic E-state index is -2.82. The molecule has 0 spiro atoms. The first-order valence-corrected chi connectivity index (χ1v) is 11.5. The molecular weight excluding hydrogens is 482 g/mol. The molecule has 2 atom stereocenters. The smallest absolute Gasteiger partial charge is 0.271 e. The highest BCUT2D eigenvalue weighted by molar-refractivity contribution is 7.81. The van der Waals surface area contributed by atoms with Gasteiger partial charge in [-0.3, -0.25) is 9.35 Å². The monoisotopic (exact) mass is 502 g/mol. The molecule has 1 aliphatic heterocycles. The second-order valence-corrected chi connectivity index (χ2v) is 8.52. The van der Waals surface area contributed by atoms with Crippen LogP contribution in [-0.2, 0) is 24.2 Å². The largest absolute Gasteiger partial charge is 0.479 e. The molecule has 1 amide bonds. The van der Waals surface area contributed by atoms with Crippen LogP contribution in [0.4, 0.5) is 20.2 Å². The minimum absolute atomic E-state index is 0.0471. The standard InChI is InChI=1S/C22H20F2N6O4S/c1-26-21(31)20-16-5-3-13(10-29(16)11-28-20)18-14(23)4-6-15(19(18)24)30(35(32)33)17-7-12(8-25)9-27-22(17)34-2/h4,6-7,9,11,13H,3,5,10H2,1-2H3,(H,26,31)(H,32,33)/t13-/m0/s1. The van der Waals surface area contributed by atoms with Crippen LogP contribution < -0.4 is 14.4 Å². The van der Waals surface area contributed by atoms with Crippen molar-refractivity contribution in [3.63, 3.8) is 0 Å². The second-order valence-electron chi connectivity index (χ2n) is 7.69. The maximum absolute atomic E-state index is 15.9. The number of ether oxygens (including phenoxy) is 1. The van der Waals surface area contributed by atoms with Crippen molar-refractivity contribution in [2.24, 2.45) is 0 Å². The van der Waals surface area contributed by atoms with Crippen molar-refractivity contribution in [1.82, 2.24) is 19.9 Å². The molecular formula is C22H20F2N6O4S. The average Bonchev–Trinajstić information content (AvgIpc) is 3.28. The van der Waals surface area contributed by atoms with Gasteiger partial charge in [0.2, 0.25) is 5.88 Å². The van der Waals surface area contributed by atoms with Gasteiger partial charge in [0.1, 0.15) is 23.3 Å². The molecule has 0 bridgehead atoms. The predicted octanol–water partition coefficient (Wildman–Crippen LogP) is 2.80. The topological polar surface area (TPSA) is 133 Å². The molecule has 182 valence electrons. The van der Waals surface area contributed by atoms with Gasteiger partial charge in [-0.05, 0) is 31.0 Å². The number of nitrogens with zero attached hydrogens (tertiary/aromatic N) is 5. The van der Waals surface area contributed by atoms with Crippen molar-refractivity contribution in [3.8, 4) is 11.9 Å². The number of hydrogen-bond donors (Lipinski definition) is 2. The molecule has 1 aliphatic rings. The molecule has 10 nitrogen and oxygen atoms in total. The van der Waals surface area contributed by atoms with Gasteiger partial charge in [0.15, 0.2) is 5.82 Å².